The van der Waals surface area contributed by atoms with Crippen LogP contribution in [-0.2, 0) is 4.79 Å². The Labute approximate surface area is 137 Å². The predicted octanol–water partition coefficient (Wildman–Crippen LogP) is 3.49. The van der Waals surface area contributed by atoms with Crippen LogP contribution in [0.2, 0.25) is 0 Å². The van der Waals surface area contributed by atoms with Crippen molar-refractivity contribution < 1.29 is 4.79 Å². The molecule has 1 aliphatic carbocycles. The van der Waals surface area contributed by atoms with Gasteiger partial charge in [-0.1, -0.05) is 0 Å². The van der Waals surface area contributed by atoms with Crippen LogP contribution in [-0.4, -0.2) is 33.1 Å². The first-order valence-corrected chi connectivity index (χ1v) is 9.19. The van der Waals surface area contributed by atoms with Gasteiger partial charge in [0.15, 0.2) is 0 Å². The van der Waals surface area contributed by atoms with Crippen molar-refractivity contribution in [2.75, 3.05) is 12.3 Å². The molecule has 1 amide bonds. The number of amides is 1. The van der Waals surface area contributed by atoms with Crippen molar-refractivity contribution >= 4 is 35.1 Å². The Morgan fingerprint density at radius 3 is 3.09 bits per heavy atom. The number of thiazole rings is 1. The Morgan fingerprint density at radius 1 is 1.41 bits per heavy atom. The maximum atomic E-state index is 12.3. The molecule has 2 aliphatic rings. The zero-order chi connectivity index (χ0) is 14.9. The average molecular weight is 329 g/mol. The number of hydrogen-bond donors (Lipinski definition) is 0. The molecule has 0 atom stereocenters. The smallest absolute Gasteiger partial charge is 0.230 e. The Bertz CT molecular complexity index is 722. The molecule has 0 aromatic carbocycles. The topological polar surface area (TPSA) is 46.1 Å². The monoisotopic (exact) mass is 329 g/mol. The molecule has 4 rings (SSSR count). The highest BCUT2D eigenvalue weighted by Crippen LogP contribution is 2.37. The van der Waals surface area contributed by atoms with Gasteiger partial charge in [-0.25, -0.2) is 4.98 Å². The van der Waals surface area contributed by atoms with Crippen molar-refractivity contribution in [1.29, 1.82) is 0 Å². The molecule has 1 saturated heterocycles. The zero-order valence-electron chi connectivity index (χ0n) is 11.9. The minimum atomic E-state index is 0.267. The second-order valence-electron chi connectivity index (χ2n) is 5.41. The van der Waals surface area contributed by atoms with Crippen molar-refractivity contribution in [3.05, 3.63) is 40.6 Å². The summed E-state index contributed by atoms with van der Waals surface area (Å²) in [6, 6.07) is 3.92. The summed E-state index contributed by atoms with van der Waals surface area (Å²) in [6.45, 7) is 0.825. The molecule has 1 aliphatic heterocycles. The van der Waals surface area contributed by atoms with E-state index in [2.05, 4.69) is 9.97 Å². The fourth-order valence-electron chi connectivity index (χ4n) is 2.42. The molecule has 22 heavy (non-hydrogen) atoms. The van der Waals surface area contributed by atoms with Crippen LogP contribution in [0.25, 0.3) is 16.6 Å². The summed E-state index contributed by atoms with van der Waals surface area (Å²) in [6.07, 6.45) is 7.72. The lowest BCUT2D eigenvalue weighted by atomic mass is 10.3. The minimum Gasteiger partial charge on any atom is -0.306 e. The maximum absolute atomic E-state index is 12.3. The molecule has 2 fully saturated rings. The molecule has 3 heterocycles. The van der Waals surface area contributed by atoms with Gasteiger partial charge in [0.25, 0.3) is 0 Å². The third-order valence-electron chi connectivity index (χ3n) is 3.73. The number of aromatic nitrogens is 2. The molecule has 1 saturated carbocycles. The zero-order valence-corrected chi connectivity index (χ0v) is 13.6. The number of rotatable bonds is 3. The number of thioether (sulfide) groups is 1. The molecular formula is C16H15N3OS2. The SMILES string of the molecule is O=C(C1CC1)N1CCS/C1=C/c1csc(-c2cccnc2)n1. The third kappa shape index (κ3) is 2.80. The predicted molar refractivity (Wildman–Crippen MR) is 90.2 cm³/mol. The summed E-state index contributed by atoms with van der Waals surface area (Å²) in [7, 11) is 0. The Hall–Kier alpha value is -1.66. The van der Waals surface area contributed by atoms with Crippen molar-refractivity contribution in [2.24, 2.45) is 5.92 Å². The van der Waals surface area contributed by atoms with E-state index in [-0.39, 0.29) is 5.92 Å². The summed E-state index contributed by atoms with van der Waals surface area (Å²) >= 11 is 3.35. The van der Waals surface area contributed by atoms with E-state index in [1.165, 1.54) is 0 Å². The molecule has 0 unspecified atom stereocenters. The van der Waals surface area contributed by atoms with Gasteiger partial charge in [0.2, 0.25) is 5.91 Å². The molecule has 0 radical (unpaired) electrons. The quantitative estimate of drug-likeness (QED) is 0.865. The first kappa shape index (κ1) is 14.0. The van der Waals surface area contributed by atoms with Crippen molar-refractivity contribution in [2.45, 2.75) is 12.8 Å². The molecule has 2 aromatic rings. The Morgan fingerprint density at radius 2 is 2.32 bits per heavy atom. The van der Waals surface area contributed by atoms with Gasteiger partial charge in [-0.3, -0.25) is 9.78 Å². The molecule has 112 valence electrons. The first-order valence-electron chi connectivity index (χ1n) is 7.33. The van der Waals surface area contributed by atoms with E-state index in [1.54, 1.807) is 29.3 Å². The van der Waals surface area contributed by atoms with Crippen LogP contribution in [0.1, 0.15) is 18.5 Å². The van der Waals surface area contributed by atoms with E-state index in [0.29, 0.717) is 5.91 Å². The van der Waals surface area contributed by atoms with Crippen LogP contribution in [0.4, 0.5) is 0 Å². The average Bonchev–Trinajstić information content (AvgIpc) is 3.13. The van der Waals surface area contributed by atoms with Gasteiger partial charge in [-0.05, 0) is 31.1 Å². The van der Waals surface area contributed by atoms with Crippen LogP contribution in [0.5, 0.6) is 0 Å². The number of carbonyl (C=O) groups is 1. The molecule has 0 spiro atoms. The van der Waals surface area contributed by atoms with E-state index in [4.69, 9.17) is 0 Å². The van der Waals surface area contributed by atoms with Gasteiger partial charge in [-0.2, -0.15) is 0 Å². The van der Waals surface area contributed by atoms with E-state index in [0.717, 1.165) is 46.4 Å². The van der Waals surface area contributed by atoms with Gasteiger partial charge in [-0.15, -0.1) is 23.1 Å². The van der Waals surface area contributed by atoms with Gasteiger partial charge in [0, 0.05) is 41.6 Å². The van der Waals surface area contributed by atoms with Gasteiger partial charge in [0.1, 0.15) is 5.01 Å². The van der Waals surface area contributed by atoms with E-state index in [9.17, 15) is 4.79 Å². The van der Waals surface area contributed by atoms with Crippen LogP contribution in [0.3, 0.4) is 0 Å². The largest absolute Gasteiger partial charge is 0.306 e. The second-order valence-corrected chi connectivity index (χ2v) is 7.39. The van der Waals surface area contributed by atoms with Gasteiger partial charge >= 0.3 is 0 Å². The van der Waals surface area contributed by atoms with E-state index in [1.807, 2.05) is 34.7 Å². The number of pyridine rings is 1. The van der Waals surface area contributed by atoms with Crippen molar-refractivity contribution in [3.63, 3.8) is 0 Å². The lowest BCUT2D eigenvalue weighted by molar-refractivity contribution is -0.129. The normalized spacial score (nSPS) is 19.8. The van der Waals surface area contributed by atoms with Gasteiger partial charge < -0.3 is 4.90 Å². The second kappa shape index (κ2) is 5.85. The molecular weight excluding hydrogens is 314 g/mol. The van der Waals surface area contributed by atoms with E-state index >= 15 is 0 Å². The fourth-order valence-corrected chi connectivity index (χ4v) is 4.21. The van der Waals surface area contributed by atoms with Crippen molar-refractivity contribution in [3.8, 4) is 10.6 Å². The molecule has 6 heteroatoms. The Kier molecular flexibility index (Phi) is 3.72. The van der Waals surface area contributed by atoms with E-state index < -0.39 is 0 Å². The summed E-state index contributed by atoms with van der Waals surface area (Å²) in [5.41, 5.74) is 1.95. The minimum absolute atomic E-state index is 0.267. The molecule has 4 nitrogen and oxygen atoms in total. The highest BCUT2D eigenvalue weighted by atomic mass is 32.2. The first-order chi connectivity index (χ1) is 10.8. The highest BCUT2D eigenvalue weighted by Gasteiger charge is 2.36. The standard InChI is InChI=1S/C16H15N3OS2/c20-16(11-3-4-11)19-6-7-21-14(19)8-13-10-22-15(18-13)12-2-1-5-17-9-12/h1-2,5,8-11H,3-4,6-7H2/b14-8+. The van der Waals surface area contributed by atoms with Crippen LogP contribution in [0.15, 0.2) is 34.9 Å². The Balaban J connectivity index is 1.57. The summed E-state index contributed by atoms with van der Waals surface area (Å²) in [5.74, 6) is 1.53. The molecule has 0 N–H and O–H groups in total. The van der Waals surface area contributed by atoms with Crippen LogP contribution in [0, 0.1) is 5.92 Å². The lowest BCUT2D eigenvalue weighted by Crippen LogP contribution is -2.27. The number of hydrogen-bond acceptors (Lipinski definition) is 5. The van der Waals surface area contributed by atoms with Crippen molar-refractivity contribution in [1.82, 2.24) is 14.9 Å². The van der Waals surface area contributed by atoms with Crippen LogP contribution < -0.4 is 0 Å². The highest BCUT2D eigenvalue weighted by molar-refractivity contribution is 8.03. The molecule has 2 aromatic heterocycles. The maximum Gasteiger partial charge on any atom is 0.230 e. The lowest BCUT2D eigenvalue weighted by Gasteiger charge is -2.16. The number of nitrogens with zero attached hydrogens (tertiary/aromatic N) is 3. The summed E-state index contributed by atoms with van der Waals surface area (Å²) in [5, 5.41) is 4.04. The summed E-state index contributed by atoms with van der Waals surface area (Å²) in [4.78, 5) is 23.0. The summed E-state index contributed by atoms with van der Waals surface area (Å²) < 4.78 is 0. The van der Waals surface area contributed by atoms with Gasteiger partial charge in [0.05, 0.1) is 10.7 Å². The third-order valence-corrected chi connectivity index (χ3v) is 5.66. The fraction of sp³-hybridized carbons (Fsp3) is 0.312. The molecule has 0 bridgehead atoms. The number of carbonyl (C=O) groups excluding carboxylic acids is 1. The van der Waals surface area contributed by atoms with Crippen LogP contribution >= 0.6 is 23.1 Å².